The number of aromatic nitrogens is 2. The van der Waals surface area contributed by atoms with Gasteiger partial charge >= 0.3 is 5.63 Å². The Labute approximate surface area is 190 Å². The van der Waals surface area contributed by atoms with Gasteiger partial charge in [0.25, 0.3) is 0 Å². The number of hydrogen-bond donors (Lipinski definition) is 1. The molecule has 1 fully saturated rings. The average Bonchev–Trinajstić information content (AvgIpc) is 3.23. The van der Waals surface area contributed by atoms with Crippen LogP contribution in [0.5, 0.6) is 0 Å². The van der Waals surface area contributed by atoms with E-state index in [4.69, 9.17) is 4.42 Å². The van der Waals surface area contributed by atoms with Crippen molar-refractivity contribution in [3.63, 3.8) is 0 Å². The molecule has 10 heteroatoms. The molecule has 4 heterocycles. The average molecular weight is 476 g/mol. The summed E-state index contributed by atoms with van der Waals surface area (Å²) in [4.78, 5) is 20.3. The Morgan fingerprint density at radius 1 is 1.14 bits per heavy atom. The molecule has 29 heavy (non-hydrogen) atoms. The highest BCUT2D eigenvalue weighted by Crippen LogP contribution is 2.26. The maximum Gasteiger partial charge on any atom is 0.345 e. The van der Waals surface area contributed by atoms with Crippen LogP contribution in [-0.2, 0) is 0 Å². The van der Waals surface area contributed by atoms with Gasteiger partial charge in [0.2, 0.25) is 0 Å². The zero-order chi connectivity index (χ0) is 17.7. The molecule has 0 atom stereocenters. The van der Waals surface area contributed by atoms with Crippen LogP contribution in [0.2, 0.25) is 0 Å². The first-order valence-corrected chi connectivity index (χ1v) is 9.54. The third-order valence-electron chi connectivity index (χ3n) is 4.87. The second-order valence-electron chi connectivity index (χ2n) is 6.56. The molecule has 6 nitrogen and oxygen atoms in total. The Balaban J connectivity index is 0.000001000. The van der Waals surface area contributed by atoms with Gasteiger partial charge in [-0.1, -0.05) is 0 Å². The lowest BCUT2D eigenvalue weighted by Gasteiger charge is -2.29. The number of imidazole rings is 1. The van der Waals surface area contributed by atoms with Gasteiger partial charge in [-0.05, 0) is 25.1 Å². The van der Waals surface area contributed by atoms with Crippen LogP contribution in [0.4, 0.5) is 5.69 Å². The molecule has 1 saturated heterocycles. The van der Waals surface area contributed by atoms with Crippen LogP contribution in [-0.4, -0.2) is 35.6 Å². The van der Waals surface area contributed by atoms with E-state index >= 15 is 0 Å². The van der Waals surface area contributed by atoms with E-state index in [2.05, 4.69) is 21.3 Å². The zero-order valence-electron chi connectivity index (χ0n) is 15.6. The van der Waals surface area contributed by atoms with Crippen LogP contribution in [0.1, 0.15) is 5.69 Å². The van der Waals surface area contributed by atoms with Gasteiger partial charge in [0.05, 0.1) is 11.3 Å². The van der Waals surface area contributed by atoms with Crippen LogP contribution in [0.15, 0.2) is 45.1 Å². The first kappa shape index (κ1) is 23.5. The Morgan fingerprint density at radius 2 is 1.90 bits per heavy atom. The molecule has 4 aromatic rings. The van der Waals surface area contributed by atoms with Gasteiger partial charge in [-0.15, -0.1) is 48.6 Å². The van der Waals surface area contributed by atoms with Crippen molar-refractivity contribution in [2.24, 2.45) is 0 Å². The number of anilines is 1. The van der Waals surface area contributed by atoms with Crippen LogP contribution in [0.3, 0.4) is 0 Å². The number of benzene rings is 1. The van der Waals surface area contributed by atoms with Crippen LogP contribution < -0.4 is 15.8 Å². The molecular weight excluding hydrogens is 455 g/mol. The van der Waals surface area contributed by atoms with Crippen molar-refractivity contribution in [3.8, 4) is 11.3 Å². The minimum atomic E-state index is -0.349. The molecular formula is C19H21Cl3N4O2S. The molecule has 0 unspecified atom stereocenters. The van der Waals surface area contributed by atoms with E-state index in [1.807, 2.05) is 41.1 Å². The molecule has 5 rings (SSSR count). The Hall–Kier alpha value is -1.77. The fraction of sp³-hybridized carbons (Fsp3) is 0.263. The van der Waals surface area contributed by atoms with E-state index in [1.165, 1.54) is 0 Å². The second-order valence-corrected chi connectivity index (χ2v) is 7.40. The van der Waals surface area contributed by atoms with E-state index in [1.54, 1.807) is 11.3 Å². The molecule has 1 aliphatic rings. The van der Waals surface area contributed by atoms with Crippen LogP contribution in [0.25, 0.3) is 27.2 Å². The molecule has 0 spiro atoms. The largest absolute Gasteiger partial charge is 0.422 e. The molecule has 0 aliphatic carbocycles. The zero-order valence-corrected chi connectivity index (χ0v) is 18.8. The Morgan fingerprint density at radius 3 is 2.62 bits per heavy atom. The molecule has 156 valence electrons. The molecule has 0 amide bonds. The van der Waals surface area contributed by atoms with Crippen molar-refractivity contribution >= 4 is 70.2 Å². The molecule has 0 bridgehead atoms. The highest BCUT2D eigenvalue weighted by atomic mass is 35.5. The molecule has 1 aromatic carbocycles. The van der Waals surface area contributed by atoms with Crippen molar-refractivity contribution < 1.29 is 4.42 Å². The number of aryl methyl sites for hydroxylation is 1. The first-order valence-electron chi connectivity index (χ1n) is 8.66. The van der Waals surface area contributed by atoms with E-state index in [9.17, 15) is 4.79 Å². The number of piperazine rings is 1. The number of rotatable bonds is 2. The van der Waals surface area contributed by atoms with Gasteiger partial charge in [-0.25, -0.2) is 9.78 Å². The van der Waals surface area contributed by atoms with E-state index in [0.717, 1.165) is 47.9 Å². The minimum absolute atomic E-state index is 0. The van der Waals surface area contributed by atoms with Gasteiger partial charge in [-0.2, -0.15) is 0 Å². The smallest absolute Gasteiger partial charge is 0.345 e. The third kappa shape index (κ3) is 4.25. The summed E-state index contributed by atoms with van der Waals surface area (Å²) in [5, 5.41) is 6.30. The fourth-order valence-corrected chi connectivity index (χ4v) is 4.27. The van der Waals surface area contributed by atoms with Gasteiger partial charge in [0.15, 0.2) is 4.96 Å². The highest BCUT2D eigenvalue weighted by Gasteiger charge is 2.15. The summed E-state index contributed by atoms with van der Waals surface area (Å²) in [6.45, 7) is 5.88. The fourth-order valence-electron chi connectivity index (χ4n) is 3.42. The number of fused-ring (bicyclic) bond motifs is 2. The topological polar surface area (TPSA) is 62.8 Å². The summed E-state index contributed by atoms with van der Waals surface area (Å²) in [5.41, 5.74) is 3.62. The van der Waals surface area contributed by atoms with Gasteiger partial charge in [0, 0.05) is 60.6 Å². The van der Waals surface area contributed by atoms with E-state index < -0.39 is 0 Å². The van der Waals surface area contributed by atoms with Crippen LogP contribution >= 0.6 is 48.6 Å². The van der Waals surface area contributed by atoms with Crippen LogP contribution in [0, 0.1) is 6.92 Å². The maximum atomic E-state index is 12.6. The van der Waals surface area contributed by atoms with Crippen molar-refractivity contribution in [2.45, 2.75) is 6.92 Å². The van der Waals surface area contributed by atoms with E-state index in [0.29, 0.717) is 16.8 Å². The van der Waals surface area contributed by atoms with Gasteiger partial charge in [-0.3, -0.25) is 4.40 Å². The lowest BCUT2D eigenvalue weighted by atomic mass is 10.1. The van der Waals surface area contributed by atoms with Crippen molar-refractivity contribution in [1.82, 2.24) is 14.7 Å². The third-order valence-corrected chi connectivity index (χ3v) is 5.82. The Kier molecular flexibility index (Phi) is 7.59. The van der Waals surface area contributed by atoms with Gasteiger partial charge < -0.3 is 14.6 Å². The summed E-state index contributed by atoms with van der Waals surface area (Å²) in [5.74, 6) is 0. The second kappa shape index (κ2) is 9.36. The van der Waals surface area contributed by atoms with Crippen molar-refractivity contribution in [1.29, 1.82) is 0 Å². The number of thiazole rings is 1. The molecule has 0 saturated carbocycles. The monoisotopic (exact) mass is 474 g/mol. The quantitative estimate of drug-likeness (QED) is 0.441. The number of nitrogens with one attached hydrogen (secondary N) is 1. The summed E-state index contributed by atoms with van der Waals surface area (Å²) in [7, 11) is 0. The predicted octanol–water partition coefficient (Wildman–Crippen LogP) is 4.15. The standard InChI is InChI=1S/C19H18N4O2S.3ClH/c1-12-11-26-19-21-16(10-23(12)19)15-8-13-2-3-14(9-17(13)25-18(15)24)22-6-4-20-5-7-22;;;/h2-3,8-11,20H,4-7H2,1H3;3*1H. The normalized spacial score (nSPS) is 13.6. The summed E-state index contributed by atoms with van der Waals surface area (Å²) < 4.78 is 7.63. The summed E-state index contributed by atoms with van der Waals surface area (Å²) in [6, 6.07) is 7.95. The van der Waals surface area contributed by atoms with Crippen molar-refractivity contribution in [3.05, 3.63) is 52.0 Å². The highest BCUT2D eigenvalue weighted by molar-refractivity contribution is 7.15. The summed E-state index contributed by atoms with van der Waals surface area (Å²) >= 11 is 1.57. The Bertz CT molecular complexity index is 1180. The molecule has 1 aliphatic heterocycles. The number of hydrogen-bond acceptors (Lipinski definition) is 6. The lowest BCUT2D eigenvalue weighted by Crippen LogP contribution is -2.43. The van der Waals surface area contributed by atoms with E-state index in [-0.39, 0.29) is 42.8 Å². The number of nitrogens with zero attached hydrogens (tertiary/aromatic N) is 3. The summed E-state index contributed by atoms with van der Waals surface area (Å²) in [6.07, 6.45) is 1.90. The number of halogens is 3. The molecule has 1 N–H and O–H groups in total. The maximum absolute atomic E-state index is 12.6. The lowest BCUT2D eigenvalue weighted by molar-refractivity contribution is 0.561. The van der Waals surface area contributed by atoms with Crippen molar-refractivity contribution in [2.75, 3.05) is 31.1 Å². The SMILES string of the molecule is Cc1csc2nc(-c3cc4ccc(N5CCNCC5)cc4oc3=O)cn12.Cl.Cl.Cl. The first-order chi connectivity index (χ1) is 12.7. The van der Waals surface area contributed by atoms with Gasteiger partial charge in [0.1, 0.15) is 5.58 Å². The minimum Gasteiger partial charge on any atom is -0.422 e. The molecule has 0 radical (unpaired) electrons. The predicted molar refractivity (Wildman–Crippen MR) is 126 cm³/mol. The molecule has 3 aromatic heterocycles.